The van der Waals surface area contributed by atoms with Crippen LogP contribution in [0.15, 0.2) is 42.6 Å². The summed E-state index contributed by atoms with van der Waals surface area (Å²) in [6.07, 6.45) is 7.00. The molecule has 0 aliphatic heterocycles. The van der Waals surface area contributed by atoms with Crippen molar-refractivity contribution in [3.8, 4) is 0 Å². The lowest BCUT2D eigenvalue weighted by molar-refractivity contribution is 0.0683. The van der Waals surface area contributed by atoms with Crippen molar-refractivity contribution in [1.29, 1.82) is 0 Å². The van der Waals surface area contributed by atoms with Crippen molar-refractivity contribution in [3.63, 3.8) is 0 Å². The number of rotatable bonds is 4. The molecule has 1 saturated carbocycles. The Balaban J connectivity index is 1.93. The predicted molar refractivity (Wildman–Crippen MR) is 79.3 cm³/mol. The molecule has 0 amide bonds. The lowest BCUT2D eigenvalue weighted by atomic mass is 9.75. The molecule has 2 aromatic rings. The van der Waals surface area contributed by atoms with Crippen LogP contribution in [-0.4, -0.2) is 21.0 Å². The van der Waals surface area contributed by atoms with Gasteiger partial charge in [0, 0.05) is 17.3 Å². The molecule has 0 unspecified atom stereocenters. The molecular weight excluding hydrogens is 264 g/mol. The zero-order valence-corrected chi connectivity index (χ0v) is 11.8. The second kappa shape index (κ2) is 5.64. The Kier molecular flexibility index (Phi) is 3.69. The second-order valence-corrected chi connectivity index (χ2v) is 5.71. The topological polar surface area (TPSA) is 63.1 Å². The van der Waals surface area contributed by atoms with Crippen molar-refractivity contribution >= 4 is 5.97 Å². The van der Waals surface area contributed by atoms with Gasteiger partial charge in [0.05, 0.1) is 0 Å². The van der Waals surface area contributed by atoms with Crippen LogP contribution in [0, 0.1) is 0 Å². The second-order valence-electron chi connectivity index (χ2n) is 5.71. The Hall–Kier alpha value is -2.23. The van der Waals surface area contributed by atoms with Crippen LogP contribution in [0.25, 0.3) is 0 Å². The van der Waals surface area contributed by atoms with E-state index in [1.54, 1.807) is 6.20 Å². The predicted octanol–water partition coefficient (Wildman–Crippen LogP) is 3.23. The summed E-state index contributed by atoms with van der Waals surface area (Å²) < 4.78 is 0. The summed E-state index contributed by atoms with van der Waals surface area (Å²) >= 11 is 0. The van der Waals surface area contributed by atoms with Gasteiger partial charge < -0.3 is 5.11 Å². The zero-order valence-electron chi connectivity index (χ0n) is 11.8. The summed E-state index contributed by atoms with van der Waals surface area (Å²) in [5.74, 6) is -1.19. The summed E-state index contributed by atoms with van der Waals surface area (Å²) in [7, 11) is 0. The Morgan fingerprint density at radius 1 is 1.14 bits per heavy atom. The van der Waals surface area contributed by atoms with Gasteiger partial charge in [-0.05, 0) is 30.9 Å². The molecule has 3 rings (SSSR count). The first-order chi connectivity index (χ1) is 10.2. The average Bonchev–Trinajstić information content (AvgIpc) is 2.98. The number of aromatic carboxylic acids is 1. The van der Waals surface area contributed by atoms with Crippen LogP contribution >= 0.6 is 0 Å². The molecule has 0 spiro atoms. The molecule has 1 N–H and O–H groups in total. The van der Waals surface area contributed by atoms with Crippen LogP contribution in [0.4, 0.5) is 0 Å². The molecule has 1 heterocycles. The SMILES string of the molecule is O=C(O)c1nccc(CC2(c3ccccc3)CCCC2)n1. The largest absolute Gasteiger partial charge is 0.475 e. The van der Waals surface area contributed by atoms with Gasteiger partial charge in [-0.2, -0.15) is 0 Å². The highest BCUT2D eigenvalue weighted by Gasteiger charge is 2.36. The van der Waals surface area contributed by atoms with Gasteiger partial charge in [-0.25, -0.2) is 14.8 Å². The molecule has 108 valence electrons. The van der Waals surface area contributed by atoms with Crippen molar-refractivity contribution < 1.29 is 9.90 Å². The van der Waals surface area contributed by atoms with Crippen LogP contribution in [0.2, 0.25) is 0 Å². The van der Waals surface area contributed by atoms with E-state index in [1.165, 1.54) is 18.4 Å². The third kappa shape index (κ3) is 2.79. The first-order valence-electron chi connectivity index (χ1n) is 7.30. The van der Waals surface area contributed by atoms with Crippen molar-refractivity contribution in [2.24, 2.45) is 0 Å². The van der Waals surface area contributed by atoms with Gasteiger partial charge in [0.1, 0.15) is 0 Å². The first kappa shape index (κ1) is 13.7. The Labute approximate surface area is 123 Å². The fraction of sp³-hybridized carbons (Fsp3) is 0.353. The maximum absolute atomic E-state index is 11.0. The van der Waals surface area contributed by atoms with E-state index in [0.29, 0.717) is 0 Å². The van der Waals surface area contributed by atoms with Gasteiger partial charge >= 0.3 is 5.97 Å². The monoisotopic (exact) mass is 282 g/mol. The van der Waals surface area contributed by atoms with E-state index in [4.69, 9.17) is 5.11 Å². The summed E-state index contributed by atoms with van der Waals surface area (Å²) in [4.78, 5) is 19.0. The van der Waals surface area contributed by atoms with Gasteiger partial charge in [-0.1, -0.05) is 43.2 Å². The van der Waals surface area contributed by atoms with E-state index >= 15 is 0 Å². The molecule has 1 aromatic carbocycles. The summed E-state index contributed by atoms with van der Waals surface area (Å²) in [5, 5.41) is 9.03. The third-order valence-corrected chi connectivity index (χ3v) is 4.37. The molecule has 1 fully saturated rings. The van der Waals surface area contributed by atoms with Crippen molar-refractivity contribution in [3.05, 3.63) is 59.7 Å². The van der Waals surface area contributed by atoms with E-state index in [0.717, 1.165) is 25.0 Å². The van der Waals surface area contributed by atoms with Crippen molar-refractivity contribution in [2.75, 3.05) is 0 Å². The lowest BCUT2D eigenvalue weighted by Crippen LogP contribution is -2.26. The minimum absolute atomic E-state index is 0.0887. The molecule has 1 aliphatic carbocycles. The summed E-state index contributed by atoms with van der Waals surface area (Å²) in [6, 6.07) is 12.3. The molecule has 0 radical (unpaired) electrons. The first-order valence-corrected chi connectivity index (χ1v) is 7.30. The van der Waals surface area contributed by atoms with Crippen LogP contribution < -0.4 is 0 Å². The van der Waals surface area contributed by atoms with E-state index in [9.17, 15) is 4.79 Å². The fourth-order valence-corrected chi connectivity index (χ4v) is 3.36. The Morgan fingerprint density at radius 3 is 2.52 bits per heavy atom. The number of carboxylic acids is 1. The molecule has 0 bridgehead atoms. The molecule has 21 heavy (non-hydrogen) atoms. The normalized spacial score (nSPS) is 16.8. The van der Waals surface area contributed by atoms with Crippen molar-refractivity contribution in [1.82, 2.24) is 9.97 Å². The number of aromatic nitrogens is 2. The van der Waals surface area contributed by atoms with Gasteiger partial charge in [0.15, 0.2) is 0 Å². The number of nitrogens with zero attached hydrogens (tertiary/aromatic N) is 2. The Bertz CT molecular complexity index is 634. The maximum atomic E-state index is 11.0. The van der Waals surface area contributed by atoms with Gasteiger partial charge in [-0.3, -0.25) is 0 Å². The standard InChI is InChI=1S/C17H18N2O2/c20-16(21)15-18-11-8-14(19-15)12-17(9-4-5-10-17)13-6-2-1-3-7-13/h1-3,6-8,11H,4-5,9-10,12H2,(H,20,21). The number of carboxylic acid groups (broad SMARTS) is 1. The van der Waals surface area contributed by atoms with E-state index < -0.39 is 5.97 Å². The lowest BCUT2D eigenvalue weighted by Gasteiger charge is -2.29. The summed E-state index contributed by atoms with van der Waals surface area (Å²) in [6.45, 7) is 0. The molecule has 1 aliphatic rings. The van der Waals surface area contributed by atoms with Crippen LogP contribution in [-0.2, 0) is 11.8 Å². The number of hydrogen-bond acceptors (Lipinski definition) is 3. The molecule has 1 aromatic heterocycles. The van der Waals surface area contributed by atoms with Gasteiger partial charge in [0.25, 0.3) is 0 Å². The average molecular weight is 282 g/mol. The Morgan fingerprint density at radius 2 is 1.86 bits per heavy atom. The number of hydrogen-bond donors (Lipinski definition) is 1. The van der Waals surface area contributed by atoms with E-state index in [2.05, 4.69) is 34.2 Å². The fourth-order valence-electron chi connectivity index (χ4n) is 3.36. The van der Waals surface area contributed by atoms with Gasteiger partial charge in [0.2, 0.25) is 5.82 Å². The van der Waals surface area contributed by atoms with Crippen LogP contribution in [0.1, 0.15) is 47.6 Å². The van der Waals surface area contributed by atoms with E-state index in [1.807, 2.05) is 12.1 Å². The molecule has 0 saturated heterocycles. The third-order valence-electron chi connectivity index (χ3n) is 4.37. The zero-order chi connectivity index (χ0) is 14.7. The van der Waals surface area contributed by atoms with Crippen LogP contribution in [0.5, 0.6) is 0 Å². The summed E-state index contributed by atoms with van der Waals surface area (Å²) in [5.41, 5.74) is 2.23. The highest BCUT2D eigenvalue weighted by Crippen LogP contribution is 2.43. The molecule has 4 nitrogen and oxygen atoms in total. The maximum Gasteiger partial charge on any atom is 0.373 e. The van der Waals surface area contributed by atoms with Crippen molar-refractivity contribution in [2.45, 2.75) is 37.5 Å². The van der Waals surface area contributed by atoms with Crippen LogP contribution in [0.3, 0.4) is 0 Å². The van der Waals surface area contributed by atoms with Gasteiger partial charge in [-0.15, -0.1) is 0 Å². The minimum atomic E-state index is -1.07. The smallest absolute Gasteiger partial charge is 0.373 e. The molecular formula is C17H18N2O2. The highest BCUT2D eigenvalue weighted by atomic mass is 16.4. The number of carbonyl (C=O) groups is 1. The molecule has 0 atom stereocenters. The van der Waals surface area contributed by atoms with E-state index in [-0.39, 0.29) is 11.2 Å². The molecule has 4 heteroatoms. The number of benzene rings is 1. The quantitative estimate of drug-likeness (QED) is 0.935. The highest BCUT2D eigenvalue weighted by molar-refractivity contribution is 5.82. The minimum Gasteiger partial charge on any atom is -0.475 e.